The van der Waals surface area contributed by atoms with E-state index in [9.17, 15) is 5.11 Å². The number of benzene rings is 2. The number of rotatable bonds is 4. The van der Waals surface area contributed by atoms with E-state index < -0.39 is 5.60 Å². The first kappa shape index (κ1) is 13.6. The molecule has 2 heteroatoms. The Labute approximate surface area is 114 Å². The second kappa shape index (κ2) is 5.45. The Morgan fingerprint density at radius 3 is 2.32 bits per heavy atom. The van der Waals surface area contributed by atoms with Crippen LogP contribution in [0.4, 0.5) is 0 Å². The van der Waals surface area contributed by atoms with Crippen LogP contribution in [-0.2, 0) is 5.60 Å². The van der Waals surface area contributed by atoms with Gasteiger partial charge >= 0.3 is 0 Å². The van der Waals surface area contributed by atoms with Gasteiger partial charge in [-0.25, -0.2) is 0 Å². The minimum Gasteiger partial charge on any atom is -0.494 e. The topological polar surface area (TPSA) is 29.5 Å². The fourth-order valence-electron chi connectivity index (χ4n) is 2.17. The SMILES string of the molecule is CCOc1cccc(C(C)(O)c2cccc(C)c2)c1. The van der Waals surface area contributed by atoms with Crippen LogP contribution in [0.2, 0.25) is 0 Å². The first-order valence-electron chi connectivity index (χ1n) is 6.57. The Balaban J connectivity index is 2.41. The molecule has 1 atom stereocenters. The van der Waals surface area contributed by atoms with Crippen molar-refractivity contribution in [2.24, 2.45) is 0 Å². The second-order valence-electron chi connectivity index (χ2n) is 4.90. The van der Waals surface area contributed by atoms with E-state index >= 15 is 0 Å². The monoisotopic (exact) mass is 256 g/mol. The van der Waals surface area contributed by atoms with Crippen molar-refractivity contribution in [1.29, 1.82) is 0 Å². The van der Waals surface area contributed by atoms with Crippen LogP contribution in [0, 0.1) is 6.92 Å². The zero-order valence-corrected chi connectivity index (χ0v) is 11.7. The van der Waals surface area contributed by atoms with Crippen molar-refractivity contribution in [1.82, 2.24) is 0 Å². The Morgan fingerprint density at radius 1 is 1.05 bits per heavy atom. The summed E-state index contributed by atoms with van der Waals surface area (Å²) in [5.41, 5.74) is 1.85. The lowest BCUT2D eigenvalue weighted by atomic mass is 9.87. The maximum Gasteiger partial charge on any atom is 0.119 e. The van der Waals surface area contributed by atoms with Crippen molar-refractivity contribution in [3.8, 4) is 5.75 Å². The summed E-state index contributed by atoms with van der Waals surface area (Å²) in [4.78, 5) is 0. The lowest BCUT2D eigenvalue weighted by Crippen LogP contribution is -2.22. The lowest BCUT2D eigenvalue weighted by Gasteiger charge is -2.25. The Hall–Kier alpha value is -1.80. The van der Waals surface area contributed by atoms with Gasteiger partial charge in [0.25, 0.3) is 0 Å². The quantitative estimate of drug-likeness (QED) is 0.904. The maximum absolute atomic E-state index is 10.8. The molecule has 0 aromatic heterocycles. The standard InChI is InChI=1S/C17H20O2/c1-4-19-16-10-6-9-15(12-16)17(3,18)14-8-5-7-13(2)11-14/h5-12,18H,4H2,1-3H3. The van der Waals surface area contributed by atoms with Crippen LogP contribution in [-0.4, -0.2) is 11.7 Å². The summed E-state index contributed by atoms with van der Waals surface area (Å²) < 4.78 is 5.49. The Bertz CT molecular complexity index is 559. The van der Waals surface area contributed by atoms with Crippen LogP contribution in [0.1, 0.15) is 30.5 Å². The normalized spacial score (nSPS) is 13.9. The van der Waals surface area contributed by atoms with Crippen LogP contribution in [0.5, 0.6) is 5.75 Å². The average Bonchev–Trinajstić information content (AvgIpc) is 2.39. The van der Waals surface area contributed by atoms with Gasteiger partial charge in [0.15, 0.2) is 0 Å². The highest BCUT2D eigenvalue weighted by atomic mass is 16.5. The fraction of sp³-hybridized carbons (Fsp3) is 0.294. The molecule has 2 aromatic rings. The molecule has 100 valence electrons. The summed E-state index contributed by atoms with van der Waals surface area (Å²) in [7, 11) is 0. The van der Waals surface area contributed by atoms with Crippen molar-refractivity contribution in [2.45, 2.75) is 26.4 Å². The number of ether oxygens (including phenoxy) is 1. The summed E-state index contributed by atoms with van der Waals surface area (Å²) >= 11 is 0. The highest BCUT2D eigenvalue weighted by Gasteiger charge is 2.25. The van der Waals surface area contributed by atoms with E-state index in [2.05, 4.69) is 0 Å². The molecular formula is C17H20O2. The third-order valence-electron chi connectivity index (χ3n) is 3.29. The van der Waals surface area contributed by atoms with E-state index in [1.165, 1.54) is 0 Å². The predicted molar refractivity (Wildman–Crippen MR) is 77.5 cm³/mol. The van der Waals surface area contributed by atoms with Crippen LogP contribution >= 0.6 is 0 Å². The van der Waals surface area contributed by atoms with E-state index in [4.69, 9.17) is 4.74 Å². The summed E-state index contributed by atoms with van der Waals surface area (Å²) in [6, 6.07) is 15.6. The number of aryl methyl sites for hydroxylation is 1. The van der Waals surface area contributed by atoms with Crippen molar-refractivity contribution < 1.29 is 9.84 Å². The van der Waals surface area contributed by atoms with E-state index in [1.54, 1.807) is 0 Å². The molecule has 2 aromatic carbocycles. The molecule has 0 radical (unpaired) electrons. The van der Waals surface area contributed by atoms with Gasteiger partial charge < -0.3 is 9.84 Å². The highest BCUT2D eigenvalue weighted by molar-refractivity contribution is 5.40. The van der Waals surface area contributed by atoms with Gasteiger partial charge in [-0.3, -0.25) is 0 Å². The van der Waals surface area contributed by atoms with E-state index in [0.29, 0.717) is 6.61 Å². The molecular weight excluding hydrogens is 236 g/mol. The van der Waals surface area contributed by atoms with Crippen LogP contribution in [0.3, 0.4) is 0 Å². The molecule has 0 aliphatic carbocycles. The molecule has 1 unspecified atom stereocenters. The van der Waals surface area contributed by atoms with E-state index in [1.807, 2.05) is 69.3 Å². The number of hydrogen-bond acceptors (Lipinski definition) is 2. The summed E-state index contributed by atoms with van der Waals surface area (Å²) in [6.45, 7) is 6.41. The minimum absolute atomic E-state index is 0.621. The maximum atomic E-state index is 10.8. The summed E-state index contributed by atoms with van der Waals surface area (Å²) in [5, 5.41) is 10.8. The zero-order valence-electron chi connectivity index (χ0n) is 11.7. The van der Waals surface area contributed by atoms with Crippen molar-refractivity contribution in [3.05, 3.63) is 65.2 Å². The molecule has 0 aliphatic heterocycles. The van der Waals surface area contributed by atoms with Gasteiger partial charge in [0.2, 0.25) is 0 Å². The second-order valence-corrected chi connectivity index (χ2v) is 4.90. The third kappa shape index (κ3) is 2.96. The van der Waals surface area contributed by atoms with Gasteiger partial charge in [-0.2, -0.15) is 0 Å². The Morgan fingerprint density at radius 2 is 1.68 bits per heavy atom. The van der Waals surface area contributed by atoms with Gasteiger partial charge in [0.05, 0.1) is 6.61 Å². The molecule has 2 rings (SSSR count). The van der Waals surface area contributed by atoms with Gasteiger partial charge in [-0.05, 0) is 44.0 Å². The smallest absolute Gasteiger partial charge is 0.119 e. The molecule has 0 saturated carbocycles. The van der Waals surface area contributed by atoms with Crippen LogP contribution in [0.15, 0.2) is 48.5 Å². The fourth-order valence-corrected chi connectivity index (χ4v) is 2.17. The third-order valence-corrected chi connectivity index (χ3v) is 3.29. The molecule has 0 heterocycles. The minimum atomic E-state index is -1.01. The van der Waals surface area contributed by atoms with Gasteiger partial charge in [-0.15, -0.1) is 0 Å². The van der Waals surface area contributed by atoms with Crippen molar-refractivity contribution in [3.63, 3.8) is 0 Å². The van der Waals surface area contributed by atoms with Crippen LogP contribution in [0.25, 0.3) is 0 Å². The van der Waals surface area contributed by atoms with Crippen molar-refractivity contribution >= 4 is 0 Å². The molecule has 0 saturated heterocycles. The summed E-state index contributed by atoms with van der Waals surface area (Å²) in [5.74, 6) is 0.785. The molecule has 0 spiro atoms. The predicted octanol–water partition coefficient (Wildman–Crippen LogP) is 3.65. The molecule has 0 bridgehead atoms. The van der Waals surface area contributed by atoms with Crippen molar-refractivity contribution in [2.75, 3.05) is 6.61 Å². The molecule has 2 nitrogen and oxygen atoms in total. The highest BCUT2D eigenvalue weighted by Crippen LogP contribution is 2.31. The largest absolute Gasteiger partial charge is 0.494 e. The zero-order chi connectivity index (χ0) is 13.9. The van der Waals surface area contributed by atoms with Gasteiger partial charge in [0, 0.05) is 0 Å². The molecule has 0 aliphatic rings. The first-order valence-corrected chi connectivity index (χ1v) is 6.57. The first-order chi connectivity index (χ1) is 9.04. The van der Waals surface area contributed by atoms with Crippen LogP contribution < -0.4 is 4.74 Å². The Kier molecular flexibility index (Phi) is 3.91. The van der Waals surface area contributed by atoms with Gasteiger partial charge in [-0.1, -0.05) is 42.0 Å². The molecule has 0 fully saturated rings. The molecule has 0 amide bonds. The number of hydrogen-bond donors (Lipinski definition) is 1. The van der Waals surface area contributed by atoms with E-state index in [-0.39, 0.29) is 0 Å². The molecule has 1 N–H and O–H groups in total. The van der Waals surface area contributed by atoms with E-state index in [0.717, 1.165) is 22.4 Å². The van der Waals surface area contributed by atoms with Gasteiger partial charge in [0.1, 0.15) is 11.4 Å². The average molecular weight is 256 g/mol. The number of aliphatic hydroxyl groups is 1. The lowest BCUT2D eigenvalue weighted by molar-refractivity contribution is 0.102. The summed E-state index contributed by atoms with van der Waals surface area (Å²) in [6.07, 6.45) is 0. The molecule has 19 heavy (non-hydrogen) atoms.